The first-order valence-corrected chi connectivity index (χ1v) is 10.4. The van der Waals surface area contributed by atoms with Crippen molar-refractivity contribution in [1.82, 2.24) is 4.31 Å². The summed E-state index contributed by atoms with van der Waals surface area (Å²) in [5.74, 6) is 0.894. The van der Waals surface area contributed by atoms with Crippen LogP contribution in [-0.4, -0.2) is 38.3 Å². The summed E-state index contributed by atoms with van der Waals surface area (Å²) in [4.78, 5) is 14.9. The van der Waals surface area contributed by atoms with E-state index in [0.29, 0.717) is 30.4 Å². The predicted molar refractivity (Wildman–Crippen MR) is 90.3 cm³/mol. The molecule has 1 aromatic carbocycles. The Balaban J connectivity index is 1.43. The molecule has 4 aliphatic rings. The molecule has 0 bridgehead atoms. The van der Waals surface area contributed by atoms with Gasteiger partial charge in [-0.15, -0.1) is 0 Å². The summed E-state index contributed by atoms with van der Waals surface area (Å²) in [7, 11) is -3.40. The summed E-state index contributed by atoms with van der Waals surface area (Å²) >= 11 is 0. The van der Waals surface area contributed by atoms with E-state index in [-0.39, 0.29) is 11.3 Å². The number of anilines is 1. The van der Waals surface area contributed by atoms with Crippen LogP contribution in [0.15, 0.2) is 23.1 Å². The summed E-state index contributed by atoms with van der Waals surface area (Å²) in [6.07, 6.45) is 5.85. The van der Waals surface area contributed by atoms with E-state index >= 15 is 0 Å². The fourth-order valence-electron chi connectivity index (χ4n) is 4.32. The zero-order valence-corrected chi connectivity index (χ0v) is 14.5. The Bertz CT molecular complexity index is 821. The largest absolute Gasteiger partial charge is 0.311 e. The van der Waals surface area contributed by atoms with E-state index in [2.05, 4.69) is 0 Å². The number of carbonyl (C=O) groups excluding carboxylic acids is 1. The number of piperidine rings is 1. The lowest BCUT2D eigenvalue weighted by Gasteiger charge is -2.26. The third-order valence-corrected chi connectivity index (χ3v) is 8.15. The van der Waals surface area contributed by atoms with E-state index in [1.165, 1.54) is 0 Å². The molecule has 5 nitrogen and oxygen atoms in total. The molecule has 0 atom stereocenters. The first-order chi connectivity index (χ1) is 11.5. The first-order valence-electron chi connectivity index (χ1n) is 8.97. The van der Waals surface area contributed by atoms with Crippen LogP contribution >= 0.6 is 0 Å². The van der Waals surface area contributed by atoms with Gasteiger partial charge < -0.3 is 4.90 Å². The van der Waals surface area contributed by atoms with Crippen molar-refractivity contribution >= 4 is 21.6 Å². The SMILES string of the molecule is O=C(N1CCc2cc(S(=O)(=O)N3CCCCC3)ccc21)C12CC1C2. The van der Waals surface area contributed by atoms with Gasteiger partial charge in [0.1, 0.15) is 0 Å². The molecule has 0 aromatic heterocycles. The Labute approximate surface area is 142 Å². The molecular weight excluding hydrogens is 324 g/mol. The molecule has 3 fully saturated rings. The number of amides is 1. The zero-order valence-electron chi connectivity index (χ0n) is 13.7. The van der Waals surface area contributed by atoms with Crippen LogP contribution in [0.5, 0.6) is 0 Å². The van der Waals surface area contributed by atoms with Gasteiger partial charge in [-0.1, -0.05) is 6.42 Å². The first kappa shape index (κ1) is 14.9. The van der Waals surface area contributed by atoms with Crippen molar-refractivity contribution in [2.45, 2.75) is 43.4 Å². The van der Waals surface area contributed by atoms with Crippen molar-refractivity contribution in [3.8, 4) is 0 Å². The van der Waals surface area contributed by atoms with E-state index in [0.717, 1.165) is 49.8 Å². The maximum Gasteiger partial charge on any atom is 0.243 e. The van der Waals surface area contributed by atoms with Crippen molar-refractivity contribution in [1.29, 1.82) is 0 Å². The minimum Gasteiger partial charge on any atom is -0.311 e. The van der Waals surface area contributed by atoms with Crippen LogP contribution in [0, 0.1) is 11.3 Å². The van der Waals surface area contributed by atoms with Crippen molar-refractivity contribution in [2.24, 2.45) is 11.3 Å². The second-order valence-corrected chi connectivity index (χ2v) is 9.66. The van der Waals surface area contributed by atoms with Gasteiger partial charge in [-0.2, -0.15) is 4.31 Å². The number of benzene rings is 1. The van der Waals surface area contributed by atoms with Gasteiger partial charge >= 0.3 is 0 Å². The Morgan fingerprint density at radius 3 is 2.46 bits per heavy atom. The number of hydrogen-bond donors (Lipinski definition) is 0. The lowest BCUT2D eigenvalue weighted by molar-refractivity contribution is -0.121. The van der Waals surface area contributed by atoms with Crippen molar-refractivity contribution in [3.63, 3.8) is 0 Å². The van der Waals surface area contributed by atoms with E-state index in [1.54, 1.807) is 16.4 Å². The Hall–Kier alpha value is -1.40. The van der Waals surface area contributed by atoms with Gasteiger partial charge in [0.15, 0.2) is 0 Å². The van der Waals surface area contributed by atoms with E-state index in [4.69, 9.17) is 0 Å². The Morgan fingerprint density at radius 2 is 1.79 bits per heavy atom. The molecule has 128 valence electrons. The summed E-state index contributed by atoms with van der Waals surface area (Å²) in [5.41, 5.74) is 1.89. The third-order valence-electron chi connectivity index (χ3n) is 6.25. The lowest BCUT2D eigenvalue weighted by atomic mass is 10.1. The highest BCUT2D eigenvalue weighted by Gasteiger charge is 2.75. The van der Waals surface area contributed by atoms with Gasteiger partial charge in [0.2, 0.25) is 15.9 Å². The molecule has 0 spiro atoms. The summed E-state index contributed by atoms with van der Waals surface area (Å²) in [5, 5.41) is 0. The van der Waals surface area contributed by atoms with Crippen LogP contribution in [0.25, 0.3) is 0 Å². The van der Waals surface area contributed by atoms with Crippen LogP contribution in [0.3, 0.4) is 0 Å². The molecular formula is C18H22N2O3S. The number of carbonyl (C=O) groups is 1. The number of nitrogens with zero attached hydrogens (tertiary/aromatic N) is 2. The van der Waals surface area contributed by atoms with Crippen LogP contribution in [0.4, 0.5) is 5.69 Å². The summed E-state index contributed by atoms with van der Waals surface area (Å²) in [6.45, 7) is 1.93. The maximum atomic E-state index is 12.8. The molecule has 1 aromatic rings. The van der Waals surface area contributed by atoms with Crippen LogP contribution in [-0.2, 0) is 21.2 Å². The highest BCUT2D eigenvalue weighted by atomic mass is 32.2. The summed E-state index contributed by atoms with van der Waals surface area (Å²) < 4.78 is 27.3. The highest BCUT2D eigenvalue weighted by molar-refractivity contribution is 7.89. The molecule has 0 N–H and O–H groups in total. The third kappa shape index (κ3) is 2.02. The molecule has 1 amide bonds. The van der Waals surface area contributed by atoms with Gasteiger partial charge in [-0.25, -0.2) is 8.42 Å². The fraction of sp³-hybridized carbons (Fsp3) is 0.611. The number of sulfonamides is 1. The van der Waals surface area contributed by atoms with E-state index in [1.807, 2.05) is 11.0 Å². The van der Waals surface area contributed by atoms with E-state index in [9.17, 15) is 13.2 Å². The topological polar surface area (TPSA) is 57.7 Å². The van der Waals surface area contributed by atoms with Gasteiger partial charge in [-0.05, 0) is 61.8 Å². The molecule has 1 saturated heterocycles. The predicted octanol–water partition coefficient (Wildman–Crippen LogP) is 2.16. The average molecular weight is 346 g/mol. The van der Waals surface area contributed by atoms with Crippen LogP contribution in [0.1, 0.15) is 37.7 Å². The van der Waals surface area contributed by atoms with Crippen LogP contribution < -0.4 is 4.90 Å². The van der Waals surface area contributed by atoms with Crippen molar-refractivity contribution in [2.75, 3.05) is 24.5 Å². The Kier molecular flexibility index (Phi) is 2.99. The molecule has 2 heterocycles. The lowest BCUT2D eigenvalue weighted by Crippen LogP contribution is -2.35. The average Bonchev–Trinajstić information content (AvgIpc) is 3.42. The molecule has 0 radical (unpaired) electrons. The van der Waals surface area contributed by atoms with Crippen LogP contribution in [0.2, 0.25) is 0 Å². The van der Waals surface area contributed by atoms with Crippen molar-refractivity contribution in [3.05, 3.63) is 23.8 Å². The van der Waals surface area contributed by atoms with Gasteiger partial charge in [0, 0.05) is 25.3 Å². The monoisotopic (exact) mass is 346 g/mol. The van der Waals surface area contributed by atoms with E-state index < -0.39 is 10.0 Å². The zero-order chi connectivity index (χ0) is 16.5. The molecule has 2 saturated carbocycles. The highest BCUT2D eigenvalue weighted by Crippen LogP contribution is 2.76. The minimum absolute atomic E-state index is 0.0276. The molecule has 5 rings (SSSR count). The smallest absolute Gasteiger partial charge is 0.243 e. The molecule has 0 unspecified atom stereocenters. The number of rotatable bonds is 3. The normalized spacial score (nSPS) is 31.5. The molecule has 2 aliphatic carbocycles. The fourth-order valence-corrected chi connectivity index (χ4v) is 5.89. The van der Waals surface area contributed by atoms with Gasteiger partial charge in [-0.3, -0.25) is 4.79 Å². The van der Waals surface area contributed by atoms with Crippen molar-refractivity contribution < 1.29 is 13.2 Å². The second-order valence-electron chi connectivity index (χ2n) is 7.72. The Morgan fingerprint density at radius 1 is 1.08 bits per heavy atom. The summed E-state index contributed by atoms with van der Waals surface area (Å²) in [6, 6.07) is 5.32. The maximum absolute atomic E-state index is 12.8. The molecule has 24 heavy (non-hydrogen) atoms. The number of fused-ring (bicyclic) bond motifs is 2. The quantitative estimate of drug-likeness (QED) is 0.843. The molecule has 6 heteroatoms. The standard InChI is InChI=1S/C18H22N2O3S/c21-17(18-11-14(18)12-18)20-9-6-13-10-15(4-5-16(13)20)24(22,23)19-7-2-1-3-8-19/h4-5,10,14H,1-3,6-9,11-12H2. The van der Waals surface area contributed by atoms with Gasteiger partial charge in [0.25, 0.3) is 0 Å². The minimum atomic E-state index is -3.40. The molecule has 2 aliphatic heterocycles. The number of hydrogen-bond acceptors (Lipinski definition) is 3. The van der Waals surface area contributed by atoms with Gasteiger partial charge in [0.05, 0.1) is 10.3 Å². The second kappa shape index (κ2) is 4.82.